The van der Waals surface area contributed by atoms with E-state index in [4.69, 9.17) is 9.47 Å². The minimum atomic E-state index is -1.82. The third-order valence-corrected chi connectivity index (χ3v) is 7.65. The number of nitrogens with one attached hydrogen (secondary N) is 4. The second kappa shape index (κ2) is 21.5. The van der Waals surface area contributed by atoms with Crippen molar-refractivity contribution in [3.8, 4) is 0 Å². The summed E-state index contributed by atoms with van der Waals surface area (Å²) >= 11 is 0. The summed E-state index contributed by atoms with van der Waals surface area (Å²) in [5.41, 5.74) is -1.43. The third kappa shape index (κ3) is 14.0. The first kappa shape index (κ1) is 37.0. The number of alkyl halides is 1. The summed E-state index contributed by atoms with van der Waals surface area (Å²) in [4.78, 5) is 61.5. The number of urea groups is 1. The topological polar surface area (TPSA) is 161 Å². The monoisotopic (exact) mass is 625 g/mol. The van der Waals surface area contributed by atoms with Crippen LogP contribution in [0.5, 0.6) is 0 Å². The largest absolute Gasteiger partial charge is 0.456 e. The van der Waals surface area contributed by atoms with Crippen molar-refractivity contribution in [3.63, 3.8) is 0 Å². The molecule has 44 heavy (non-hydrogen) atoms. The lowest BCUT2D eigenvalue weighted by molar-refractivity contribution is -0.154. The van der Waals surface area contributed by atoms with Crippen LogP contribution >= 0.6 is 0 Å². The van der Waals surface area contributed by atoms with Crippen LogP contribution in [0.15, 0.2) is 21.9 Å². The zero-order valence-corrected chi connectivity index (χ0v) is 26.4. The second-order valence-electron chi connectivity index (χ2n) is 11.3. The molecule has 0 aliphatic carbocycles. The SMILES string of the molecule is CCCCNC(=O)NCCCCCCCCCCCCNC(=O)CCC(=O)O[C@@H]1C(F)[C@H](n2ccc(=O)[nH]c2=O)O[C@@H]1CC. The summed E-state index contributed by atoms with van der Waals surface area (Å²) in [5.74, 6) is -0.982. The maximum absolute atomic E-state index is 15.1. The Morgan fingerprint density at radius 2 is 1.43 bits per heavy atom. The van der Waals surface area contributed by atoms with E-state index in [-0.39, 0.29) is 24.8 Å². The molecule has 0 aromatic carbocycles. The van der Waals surface area contributed by atoms with E-state index in [1.54, 1.807) is 6.92 Å². The van der Waals surface area contributed by atoms with Crippen LogP contribution in [0.2, 0.25) is 0 Å². The molecule has 1 aromatic heterocycles. The summed E-state index contributed by atoms with van der Waals surface area (Å²) < 4.78 is 27.0. The van der Waals surface area contributed by atoms with E-state index in [0.29, 0.717) is 13.0 Å². The van der Waals surface area contributed by atoms with Crippen molar-refractivity contribution in [2.24, 2.45) is 0 Å². The molecule has 2 heterocycles. The van der Waals surface area contributed by atoms with Gasteiger partial charge in [0.15, 0.2) is 18.5 Å². The molecule has 3 amide bonds. The Kier molecular flexibility index (Phi) is 18.0. The molecule has 4 atom stereocenters. The van der Waals surface area contributed by atoms with Crippen molar-refractivity contribution in [1.29, 1.82) is 0 Å². The number of hydrogen-bond acceptors (Lipinski definition) is 7. The summed E-state index contributed by atoms with van der Waals surface area (Å²) in [6.07, 6.45) is 9.22. The third-order valence-electron chi connectivity index (χ3n) is 7.65. The minimum absolute atomic E-state index is 0.0643. The molecule has 1 aromatic rings. The predicted molar refractivity (Wildman–Crippen MR) is 165 cm³/mol. The van der Waals surface area contributed by atoms with Crippen LogP contribution in [-0.4, -0.2) is 65.5 Å². The highest BCUT2D eigenvalue weighted by Gasteiger charge is 2.48. The fourth-order valence-electron chi connectivity index (χ4n) is 5.06. The maximum Gasteiger partial charge on any atom is 0.330 e. The smallest absolute Gasteiger partial charge is 0.330 e. The van der Waals surface area contributed by atoms with E-state index < -0.39 is 41.8 Å². The molecule has 0 radical (unpaired) electrons. The Morgan fingerprint density at radius 1 is 0.864 bits per heavy atom. The van der Waals surface area contributed by atoms with Gasteiger partial charge in [0.05, 0.1) is 6.42 Å². The number of halogens is 1. The van der Waals surface area contributed by atoms with Gasteiger partial charge in [0.1, 0.15) is 6.10 Å². The molecule has 12 nitrogen and oxygen atoms in total. The van der Waals surface area contributed by atoms with Gasteiger partial charge in [-0.15, -0.1) is 0 Å². The highest BCUT2D eigenvalue weighted by Crippen LogP contribution is 2.34. The van der Waals surface area contributed by atoms with Gasteiger partial charge in [-0.3, -0.25) is 23.9 Å². The number of carbonyl (C=O) groups excluding carboxylic acids is 3. The van der Waals surface area contributed by atoms with Crippen molar-refractivity contribution >= 4 is 17.9 Å². The number of unbranched alkanes of at least 4 members (excludes halogenated alkanes) is 10. The van der Waals surface area contributed by atoms with E-state index in [0.717, 1.165) is 81.3 Å². The van der Waals surface area contributed by atoms with Crippen LogP contribution in [0.4, 0.5) is 9.18 Å². The Bertz CT molecular complexity index is 1110. The molecular weight excluding hydrogens is 573 g/mol. The van der Waals surface area contributed by atoms with E-state index in [1.807, 2.05) is 0 Å². The zero-order chi connectivity index (χ0) is 32.2. The van der Waals surface area contributed by atoms with Gasteiger partial charge < -0.3 is 25.4 Å². The first-order valence-electron chi connectivity index (χ1n) is 16.4. The molecule has 13 heteroatoms. The van der Waals surface area contributed by atoms with E-state index >= 15 is 4.39 Å². The standard InChI is InChI=1S/C31H52FN5O7/c1-3-5-19-34-30(41)35-21-15-13-11-9-7-6-8-10-12-14-20-33-24(38)16-17-26(40)44-28-23(4-2)43-29(27(28)32)37-22-18-25(39)36-31(37)42/h18,22-23,27-29H,3-17,19-21H2,1-2H3,(H,33,38)(H2,34,35,41)(H,36,39,42)/t23-,27?,28+,29-/m1/s1. The first-order chi connectivity index (χ1) is 21.3. The quantitative estimate of drug-likeness (QED) is 0.112. The lowest BCUT2D eigenvalue weighted by atomic mass is 10.1. The van der Waals surface area contributed by atoms with Gasteiger partial charge in [-0.25, -0.2) is 14.0 Å². The number of esters is 1. The predicted octanol–water partition coefficient (Wildman–Crippen LogP) is 3.99. The van der Waals surface area contributed by atoms with Crippen molar-refractivity contribution in [2.45, 2.75) is 135 Å². The summed E-state index contributed by atoms with van der Waals surface area (Å²) in [6, 6.07) is 1.01. The van der Waals surface area contributed by atoms with E-state index in [9.17, 15) is 24.0 Å². The van der Waals surface area contributed by atoms with Gasteiger partial charge in [0, 0.05) is 38.3 Å². The first-order valence-corrected chi connectivity index (χ1v) is 16.4. The number of rotatable bonds is 22. The Balaban J connectivity index is 1.46. The van der Waals surface area contributed by atoms with Crippen LogP contribution in [0.25, 0.3) is 0 Å². The highest BCUT2D eigenvalue weighted by molar-refractivity contribution is 5.81. The lowest BCUT2D eigenvalue weighted by Gasteiger charge is -2.18. The second-order valence-corrected chi connectivity index (χ2v) is 11.3. The van der Waals surface area contributed by atoms with E-state index in [1.165, 1.54) is 25.7 Å². The van der Waals surface area contributed by atoms with Crippen molar-refractivity contribution < 1.29 is 28.2 Å². The molecule has 0 spiro atoms. The van der Waals surface area contributed by atoms with E-state index in [2.05, 4.69) is 27.9 Å². The number of aromatic amines is 1. The fourth-order valence-corrected chi connectivity index (χ4v) is 5.06. The Hall–Kier alpha value is -3.22. The fraction of sp³-hybridized carbons (Fsp3) is 0.774. The lowest BCUT2D eigenvalue weighted by Crippen LogP contribution is -2.37. The molecule has 1 fully saturated rings. The number of H-pyrrole nitrogens is 1. The number of carbonyl (C=O) groups is 3. The average molecular weight is 626 g/mol. The van der Waals surface area contributed by atoms with Crippen LogP contribution in [0.3, 0.4) is 0 Å². The molecule has 1 aliphatic rings. The van der Waals surface area contributed by atoms with Crippen molar-refractivity contribution in [3.05, 3.63) is 33.1 Å². The average Bonchev–Trinajstić information content (AvgIpc) is 3.30. The van der Waals surface area contributed by atoms with Crippen LogP contribution < -0.4 is 27.2 Å². The molecule has 0 saturated carbocycles. The molecule has 4 N–H and O–H groups in total. The van der Waals surface area contributed by atoms with Gasteiger partial charge >= 0.3 is 17.7 Å². The summed E-state index contributed by atoms with van der Waals surface area (Å²) in [6.45, 7) is 5.82. The van der Waals surface area contributed by atoms with Crippen LogP contribution in [-0.2, 0) is 19.1 Å². The number of amides is 3. The van der Waals surface area contributed by atoms with Crippen molar-refractivity contribution in [1.82, 2.24) is 25.5 Å². The summed E-state index contributed by atoms with van der Waals surface area (Å²) in [7, 11) is 0. The minimum Gasteiger partial charge on any atom is -0.456 e. The molecule has 1 saturated heterocycles. The van der Waals surface area contributed by atoms with Gasteiger partial charge in [-0.2, -0.15) is 0 Å². The maximum atomic E-state index is 15.1. The van der Waals surface area contributed by atoms with Crippen molar-refractivity contribution in [2.75, 3.05) is 19.6 Å². The zero-order valence-electron chi connectivity index (χ0n) is 26.4. The Labute approximate surface area is 259 Å². The van der Waals surface area contributed by atoms with Crippen LogP contribution in [0, 0.1) is 0 Å². The van der Waals surface area contributed by atoms with Gasteiger partial charge in [0.25, 0.3) is 5.56 Å². The van der Waals surface area contributed by atoms with Gasteiger partial charge in [-0.05, 0) is 25.7 Å². The molecular formula is C31H52FN5O7. The van der Waals surface area contributed by atoms with Gasteiger partial charge in [0.2, 0.25) is 5.91 Å². The number of aromatic nitrogens is 2. The molecule has 250 valence electrons. The highest BCUT2D eigenvalue weighted by atomic mass is 19.1. The number of nitrogens with zero attached hydrogens (tertiary/aromatic N) is 1. The Morgan fingerprint density at radius 3 is 2.00 bits per heavy atom. The molecule has 1 unspecified atom stereocenters. The van der Waals surface area contributed by atoms with Gasteiger partial charge in [-0.1, -0.05) is 71.6 Å². The molecule has 1 aliphatic heterocycles. The molecule has 2 rings (SSSR count). The number of ether oxygens (including phenoxy) is 2. The normalized spacial score (nSPS) is 19.4. The molecule has 0 bridgehead atoms. The number of hydrogen-bond donors (Lipinski definition) is 4. The summed E-state index contributed by atoms with van der Waals surface area (Å²) in [5, 5.41) is 8.55. The van der Waals surface area contributed by atoms with Crippen LogP contribution in [0.1, 0.15) is 116 Å².